The lowest BCUT2D eigenvalue weighted by atomic mass is 9.90. The van der Waals surface area contributed by atoms with E-state index in [0.29, 0.717) is 34.9 Å². The van der Waals surface area contributed by atoms with Crippen LogP contribution in [0.3, 0.4) is 0 Å². The van der Waals surface area contributed by atoms with E-state index in [0.717, 1.165) is 17.6 Å². The standard InChI is InChI=1S/C22H21Cl2NO4/c1-28-22(27)20(25)11-15-3-2-14(13-6-8-29-9-7-13)10-18(15)21(26)17-5-4-16(23)12-19(17)24/h2-6,10,12,20H,7-9,11,25H2,1H3. The van der Waals surface area contributed by atoms with Crippen LogP contribution in [0.15, 0.2) is 42.5 Å². The Morgan fingerprint density at radius 3 is 2.62 bits per heavy atom. The summed E-state index contributed by atoms with van der Waals surface area (Å²) in [6, 6.07) is 9.44. The Kier molecular flexibility index (Phi) is 7.09. The average Bonchev–Trinajstić information content (AvgIpc) is 2.73. The van der Waals surface area contributed by atoms with Crippen LogP contribution in [-0.2, 0) is 20.7 Å². The van der Waals surface area contributed by atoms with Crippen LogP contribution in [0.4, 0.5) is 0 Å². The minimum absolute atomic E-state index is 0.168. The Bertz CT molecular complexity index is 971. The molecule has 1 aliphatic heterocycles. The number of ether oxygens (including phenoxy) is 2. The summed E-state index contributed by atoms with van der Waals surface area (Å²) < 4.78 is 10.1. The molecule has 5 nitrogen and oxygen atoms in total. The van der Waals surface area contributed by atoms with E-state index >= 15 is 0 Å². The van der Waals surface area contributed by atoms with Crippen LogP contribution in [0, 0.1) is 0 Å². The molecular weight excluding hydrogens is 413 g/mol. The van der Waals surface area contributed by atoms with Gasteiger partial charge in [0.05, 0.1) is 25.3 Å². The van der Waals surface area contributed by atoms with Gasteiger partial charge in [-0.3, -0.25) is 9.59 Å². The second-order valence-electron chi connectivity index (χ2n) is 6.71. The Labute approximate surface area is 179 Å². The largest absolute Gasteiger partial charge is 0.468 e. The number of esters is 1. The number of methoxy groups -OCH3 is 1. The zero-order chi connectivity index (χ0) is 21.0. The van der Waals surface area contributed by atoms with Crippen molar-refractivity contribution in [2.24, 2.45) is 5.73 Å². The van der Waals surface area contributed by atoms with Gasteiger partial charge >= 0.3 is 5.97 Å². The fourth-order valence-corrected chi connectivity index (χ4v) is 3.74. The Hall–Kier alpha value is -2.18. The van der Waals surface area contributed by atoms with Gasteiger partial charge < -0.3 is 15.2 Å². The molecule has 0 aliphatic carbocycles. The summed E-state index contributed by atoms with van der Waals surface area (Å²) in [5.41, 5.74) is 9.40. The van der Waals surface area contributed by atoms with Crippen LogP contribution in [0.5, 0.6) is 0 Å². The van der Waals surface area contributed by atoms with Crippen molar-refractivity contribution in [2.75, 3.05) is 20.3 Å². The number of nitrogens with two attached hydrogens (primary N) is 1. The minimum Gasteiger partial charge on any atom is -0.468 e. The number of hydrogen-bond acceptors (Lipinski definition) is 5. The number of benzene rings is 2. The maximum atomic E-state index is 13.3. The van der Waals surface area contributed by atoms with Gasteiger partial charge in [0, 0.05) is 16.1 Å². The van der Waals surface area contributed by atoms with Crippen molar-refractivity contribution >= 4 is 40.5 Å². The van der Waals surface area contributed by atoms with Gasteiger partial charge in [-0.1, -0.05) is 41.4 Å². The van der Waals surface area contributed by atoms with Gasteiger partial charge in [-0.2, -0.15) is 0 Å². The second-order valence-corrected chi connectivity index (χ2v) is 7.56. The first kappa shape index (κ1) is 21.5. The van der Waals surface area contributed by atoms with Crippen LogP contribution in [-0.4, -0.2) is 38.1 Å². The topological polar surface area (TPSA) is 78.6 Å². The van der Waals surface area contributed by atoms with E-state index in [1.165, 1.54) is 13.2 Å². The Morgan fingerprint density at radius 1 is 1.17 bits per heavy atom. The summed E-state index contributed by atoms with van der Waals surface area (Å²) in [5.74, 6) is -0.794. The lowest BCUT2D eigenvalue weighted by Gasteiger charge is -2.18. The maximum Gasteiger partial charge on any atom is 0.322 e. The van der Waals surface area contributed by atoms with E-state index in [2.05, 4.69) is 0 Å². The molecular formula is C22H21Cl2NO4. The molecule has 0 aromatic heterocycles. The van der Waals surface area contributed by atoms with Crippen molar-refractivity contribution in [1.29, 1.82) is 0 Å². The average molecular weight is 434 g/mol. The van der Waals surface area contributed by atoms with E-state index in [4.69, 9.17) is 38.4 Å². The van der Waals surface area contributed by atoms with Crippen LogP contribution in [0.1, 0.15) is 33.5 Å². The molecule has 1 unspecified atom stereocenters. The molecule has 0 amide bonds. The first-order chi connectivity index (χ1) is 13.9. The lowest BCUT2D eigenvalue weighted by Crippen LogP contribution is -2.34. The van der Waals surface area contributed by atoms with Crippen molar-refractivity contribution in [3.8, 4) is 0 Å². The predicted molar refractivity (Wildman–Crippen MR) is 113 cm³/mol. The molecule has 0 bridgehead atoms. The first-order valence-electron chi connectivity index (χ1n) is 9.14. The van der Waals surface area contributed by atoms with Crippen LogP contribution >= 0.6 is 23.2 Å². The van der Waals surface area contributed by atoms with Gasteiger partial charge in [0.1, 0.15) is 6.04 Å². The molecule has 7 heteroatoms. The van der Waals surface area contributed by atoms with Crippen molar-refractivity contribution in [1.82, 2.24) is 0 Å². The minimum atomic E-state index is -0.875. The Balaban J connectivity index is 2.05. The van der Waals surface area contributed by atoms with Gasteiger partial charge in [0.25, 0.3) is 0 Å². The third kappa shape index (κ3) is 5.06. The summed E-state index contributed by atoms with van der Waals surface area (Å²) in [5, 5.41) is 0.710. The lowest BCUT2D eigenvalue weighted by molar-refractivity contribution is -0.142. The number of carbonyl (C=O) groups excluding carboxylic acids is 2. The van der Waals surface area contributed by atoms with Crippen molar-refractivity contribution in [2.45, 2.75) is 18.9 Å². The molecule has 1 atom stereocenters. The third-order valence-electron chi connectivity index (χ3n) is 4.81. The molecule has 1 aliphatic rings. The number of ketones is 1. The number of halogens is 2. The van der Waals surface area contributed by atoms with Gasteiger partial charge in [-0.25, -0.2) is 0 Å². The predicted octanol–water partition coefficient (Wildman–Crippen LogP) is 4.07. The smallest absolute Gasteiger partial charge is 0.322 e. The van der Waals surface area contributed by atoms with E-state index in [1.807, 2.05) is 24.3 Å². The molecule has 3 rings (SSSR count). The number of rotatable bonds is 6. The highest BCUT2D eigenvalue weighted by Gasteiger charge is 2.22. The molecule has 2 aromatic carbocycles. The van der Waals surface area contributed by atoms with Crippen molar-refractivity contribution < 1.29 is 19.1 Å². The van der Waals surface area contributed by atoms with Gasteiger partial charge in [0.15, 0.2) is 5.78 Å². The Morgan fingerprint density at radius 2 is 1.97 bits per heavy atom. The SMILES string of the molecule is COC(=O)C(N)Cc1ccc(C2=CCOCC2)cc1C(=O)c1ccc(Cl)cc1Cl. The molecule has 2 aromatic rings. The van der Waals surface area contributed by atoms with Crippen LogP contribution in [0.2, 0.25) is 10.0 Å². The monoisotopic (exact) mass is 433 g/mol. The van der Waals surface area contributed by atoms with Crippen LogP contribution < -0.4 is 5.73 Å². The highest BCUT2D eigenvalue weighted by Crippen LogP contribution is 2.29. The van der Waals surface area contributed by atoms with E-state index in [9.17, 15) is 9.59 Å². The summed E-state index contributed by atoms with van der Waals surface area (Å²) in [4.78, 5) is 25.1. The van der Waals surface area contributed by atoms with Gasteiger partial charge in [0.2, 0.25) is 0 Å². The zero-order valence-electron chi connectivity index (χ0n) is 15.9. The van der Waals surface area contributed by atoms with Crippen LogP contribution in [0.25, 0.3) is 5.57 Å². The molecule has 2 N–H and O–H groups in total. The van der Waals surface area contributed by atoms with E-state index in [1.54, 1.807) is 12.1 Å². The zero-order valence-corrected chi connectivity index (χ0v) is 17.4. The normalized spacial score (nSPS) is 14.8. The molecule has 0 saturated heterocycles. The maximum absolute atomic E-state index is 13.3. The summed E-state index contributed by atoms with van der Waals surface area (Å²) in [6.07, 6.45) is 2.93. The van der Waals surface area contributed by atoms with E-state index in [-0.39, 0.29) is 17.2 Å². The quantitative estimate of drug-likeness (QED) is 0.548. The highest BCUT2D eigenvalue weighted by molar-refractivity contribution is 6.37. The summed E-state index contributed by atoms with van der Waals surface area (Å²) >= 11 is 12.2. The molecule has 0 saturated carbocycles. The molecule has 0 fully saturated rings. The number of hydrogen-bond donors (Lipinski definition) is 1. The summed E-state index contributed by atoms with van der Waals surface area (Å²) in [6.45, 7) is 1.17. The van der Waals surface area contributed by atoms with Crippen molar-refractivity contribution in [3.63, 3.8) is 0 Å². The molecule has 152 valence electrons. The fraction of sp³-hybridized carbons (Fsp3) is 0.273. The summed E-state index contributed by atoms with van der Waals surface area (Å²) in [7, 11) is 1.28. The third-order valence-corrected chi connectivity index (χ3v) is 5.36. The van der Waals surface area contributed by atoms with Gasteiger partial charge in [-0.15, -0.1) is 0 Å². The highest BCUT2D eigenvalue weighted by atomic mass is 35.5. The second kappa shape index (κ2) is 9.55. The molecule has 0 radical (unpaired) electrons. The molecule has 0 spiro atoms. The van der Waals surface area contributed by atoms with Crippen molar-refractivity contribution in [3.05, 3.63) is 74.8 Å². The fourth-order valence-electron chi connectivity index (χ4n) is 3.25. The first-order valence-corrected chi connectivity index (χ1v) is 9.89. The molecule has 1 heterocycles. The number of carbonyl (C=O) groups is 2. The van der Waals surface area contributed by atoms with Gasteiger partial charge in [-0.05, 0) is 53.8 Å². The van der Waals surface area contributed by atoms with E-state index < -0.39 is 12.0 Å². The molecule has 29 heavy (non-hydrogen) atoms.